The van der Waals surface area contributed by atoms with E-state index in [0.29, 0.717) is 0 Å². The van der Waals surface area contributed by atoms with E-state index >= 15 is 0 Å². The third-order valence-electron chi connectivity index (χ3n) is 4.70. The average Bonchev–Trinajstić information content (AvgIpc) is 3.34. The first kappa shape index (κ1) is 22.4. The molecule has 0 radical (unpaired) electrons. The molecule has 0 amide bonds. The second-order valence-corrected chi connectivity index (χ2v) is 9.40. The molecule has 0 fully saturated rings. The lowest BCUT2D eigenvalue weighted by Gasteiger charge is -2.11. The van der Waals surface area contributed by atoms with Crippen molar-refractivity contribution in [1.82, 2.24) is 9.97 Å². The lowest BCUT2D eigenvalue weighted by Crippen LogP contribution is -2.11. The smallest absolute Gasteiger partial charge is 0.274 e. The van der Waals surface area contributed by atoms with Crippen LogP contribution >= 0.6 is 22.7 Å². The van der Waals surface area contributed by atoms with Crippen molar-refractivity contribution >= 4 is 43.1 Å². The van der Waals surface area contributed by atoms with E-state index in [9.17, 15) is 0 Å². The van der Waals surface area contributed by atoms with Gasteiger partial charge in [0.05, 0.1) is 31.5 Å². The summed E-state index contributed by atoms with van der Waals surface area (Å²) in [5.74, 6) is 0. The molecule has 0 bridgehead atoms. The van der Waals surface area contributed by atoms with Crippen LogP contribution < -0.4 is 4.74 Å². The Morgan fingerprint density at radius 1 is 0.933 bits per heavy atom. The second kappa shape index (κ2) is 11.8. The molecule has 0 aliphatic carbocycles. The van der Waals surface area contributed by atoms with Crippen LogP contribution in [0.3, 0.4) is 0 Å². The van der Waals surface area contributed by atoms with E-state index in [2.05, 4.69) is 42.5 Å². The average molecular weight is 439 g/mol. The van der Waals surface area contributed by atoms with Crippen LogP contribution in [-0.2, 0) is 6.42 Å². The molecule has 1 unspecified atom stereocenters. The van der Waals surface area contributed by atoms with Gasteiger partial charge in [-0.1, -0.05) is 67.9 Å². The number of hydrogen-bond donors (Lipinski definition) is 0. The van der Waals surface area contributed by atoms with Crippen LogP contribution in [0, 0.1) is 0 Å². The Bertz CT molecular complexity index is 987. The molecule has 0 spiro atoms. The number of allylic oxidation sites excluding steroid dienone is 1. The van der Waals surface area contributed by atoms with Gasteiger partial charge in [0.15, 0.2) is 0 Å². The van der Waals surface area contributed by atoms with Gasteiger partial charge in [0.2, 0.25) is 0 Å². The molecule has 30 heavy (non-hydrogen) atoms. The minimum atomic E-state index is 0.266. The summed E-state index contributed by atoms with van der Waals surface area (Å²) in [5.41, 5.74) is 2.13. The van der Waals surface area contributed by atoms with Gasteiger partial charge in [0.25, 0.3) is 5.19 Å². The van der Waals surface area contributed by atoms with E-state index in [4.69, 9.17) is 4.74 Å². The highest BCUT2D eigenvalue weighted by atomic mass is 32.1. The van der Waals surface area contributed by atoms with Gasteiger partial charge in [-0.3, -0.25) is 0 Å². The van der Waals surface area contributed by atoms with Crippen LogP contribution in [0.25, 0.3) is 20.4 Å². The first-order valence-electron chi connectivity index (χ1n) is 10.7. The molecule has 1 atom stereocenters. The zero-order chi connectivity index (χ0) is 21.2. The predicted octanol–water partition coefficient (Wildman–Crippen LogP) is 8.06. The molecule has 0 saturated carbocycles. The van der Waals surface area contributed by atoms with Crippen LogP contribution in [0.1, 0.15) is 51.0 Å². The summed E-state index contributed by atoms with van der Waals surface area (Å²) in [5, 5.41) is 1.95. The molecule has 2 aromatic heterocycles. The maximum absolute atomic E-state index is 5.89. The van der Waals surface area contributed by atoms with Crippen molar-refractivity contribution in [2.45, 2.75) is 58.5 Å². The fourth-order valence-electron chi connectivity index (χ4n) is 3.12. The number of fused-ring (bicyclic) bond motifs is 2. The minimum Gasteiger partial charge on any atom is -0.467 e. The lowest BCUT2D eigenvalue weighted by atomic mass is 10.1. The van der Waals surface area contributed by atoms with Crippen molar-refractivity contribution in [1.29, 1.82) is 0 Å². The molecule has 5 heteroatoms. The van der Waals surface area contributed by atoms with Crippen molar-refractivity contribution in [3.63, 3.8) is 0 Å². The monoisotopic (exact) mass is 438 g/mol. The number of thiazole rings is 2. The third kappa shape index (κ3) is 6.64. The molecule has 0 aliphatic rings. The van der Waals surface area contributed by atoms with E-state index in [0.717, 1.165) is 34.1 Å². The molecule has 4 rings (SSSR count). The number of unbranched alkanes of at least 4 members (excludes halogenated alkanes) is 3. The molecule has 4 aromatic rings. The number of ether oxygens (including phenoxy) is 1. The molecule has 0 aliphatic heterocycles. The number of aromatic nitrogens is 2. The topological polar surface area (TPSA) is 35.0 Å². The highest BCUT2D eigenvalue weighted by molar-refractivity contribution is 7.20. The van der Waals surface area contributed by atoms with E-state index in [-0.39, 0.29) is 6.10 Å². The molecule has 2 heterocycles. The highest BCUT2D eigenvalue weighted by Gasteiger charge is 2.08. The third-order valence-corrected chi connectivity index (χ3v) is 6.68. The second-order valence-electron chi connectivity index (χ2n) is 7.29. The zero-order valence-electron chi connectivity index (χ0n) is 17.8. The molecule has 3 nitrogen and oxygen atoms in total. The van der Waals surface area contributed by atoms with Gasteiger partial charge >= 0.3 is 0 Å². The summed E-state index contributed by atoms with van der Waals surface area (Å²) >= 11 is 3.38. The maximum Gasteiger partial charge on any atom is 0.274 e. The summed E-state index contributed by atoms with van der Waals surface area (Å²) in [6.07, 6.45) is 9.32. The van der Waals surface area contributed by atoms with Gasteiger partial charge in [0, 0.05) is 6.42 Å². The number of hydrogen-bond acceptors (Lipinski definition) is 5. The van der Waals surface area contributed by atoms with Crippen LogP contribution in [0.2, 0.25) is 0 Å². The Kier molecular flexibility index (Phi) is 8.84. The fourth-order valence-corrected chi connectivity index (χ4v) is 5.00. The summed E-state index contributed by atoms with van der Waals surface area (Å²) < 4.78 is 8.35. The minimum absolute atomic E-state index is 0.266. The van der Waals surface area contributed by atoms with Crippen molar-refractivity contribution in [2.24, 2.45) is 0 Å². The van der Waals surface area contributed by atoms with Crippen molar-refractivity contribution < 1.29 is 4.74 Å². The Balaban J connectivity index is 0.000000184. The zero-order valence-corrected chi connectivity index (χ0v) is 19.5. The quantitative estimate of drug-likeness (QED) is 0.196. The summed E-state index contributed by atoms with van der Waals surface area (Å²) in [7, 11) is 0. The molecular formula is C25H30N2OS2. The lowest BCUT2D eigenvalue weighted by molar-refractivity contribution is 0.206. The van der Waals surface area contributed by atoms with E-state index in [1.807, 2.05) is 42.5 Å². The summed E-state index contributed by atoms with van der Waals surface area (Å²) in [6.45, 7) is 8.07. The van der Waals surface area contributed by atoms with Gasteiger partial charge in [-0.2, -0.15) is 0 Å². The van der Waals surface area contributed by atoms with Gasteiger partial charge in [-0.05, 0) is 44.0 Å². The standard InChI is InChI=1S/C15H21NOS.C10H9NS/c1-3-4-5-6-9-12(2)17-15-16-13-10-7-8-11-14(13)18-15;1-2-5-10-11-8-6-3-4-7-9(8)12-10/h7-8,10-12H,3-6,9H2,1-2H3;2-4,6-7H,1,5H2. The van der Waals surface area contributed by atoms with Gasteiger partial charge < -0.3 is 4.74 Å². The van der Waals surface area contributed by atoms with Gasteiger partial charge in [-0.25, -0.2) is 9.97 Å². The summed E-state index contributed by atoms with van der Waals surface area (Å²) in [6, 6.07) is 16.4. The van der Waals surface area contributed by atoms with Gasteiger partial charge in [-0.15, -0.1) is 17.9 Å². The fraction of sp³-hybridized carbons (Fsp3) is 0.360. The first-order chi connectivity index (χ1) is 14.7. The van der Waals surface area contributed by atoms with Crippen LogP contribution in [-0.4, -0.2) is 16.1 Å². The summed E-state index contributed by atoms with van der Waals surface area (Å²) in [4.78, 5) is 8.94. The number of nitrogens with zero attached hydrogens (tertiary/aromatic N) is 2. The van der Waals surface area contributed by atoms with Crippen molar-refractivity contribution in [2.75, 3.05) is 0 Å². The van der Waals surface area contributed by atoms with E-state index in [1.54, 1.807) is 22.7 Å². The molecule has 0 N–H and O–H groups in total. The SMILES string of the molecule is C=CCc1nc2ccccc2s1.CCCCCCC(C)Oc1nc2ccccc2s1. The Hall–Kier alpha value is -2.24. The number of para-hydroxylation sites is 2. The Morgan fingerprint density at radius 2 is 1.60 bits per heavy atom. The van der Waals surface area contributed by atoms with E-state index < -0.39 is 0 Å². The van der Waals surface area contributed by atoms with Crippen LogP contribution in [0.15, 0.2) is 61.2 Å². The number of rotatable bonds is 9. The largest absolute Gasteiger partial charge is 0.467 e. The van der Waals surface area contributed by atoms with Crippen molar-refractivity contribution in [3.8, 4) is 5.19 Å². The van der Waals surface area contributed by atoms with Crippen LogP contribution in [0.5, 0.6) is 5.19 Å². The highest BCUT2D eigenvalue weighted by Crippen LogP contribution is 2.28. The van der Waals surface area contributed by atoms with Crippen LogP contribution in [0.4, 0.5) is 0 Å². The van der Waals surface area contributed by atoms with Gasteiger partial charge in [0.1, 0.15) is 0 Å². The first-order valence-corrected chi connectivity index (χ1v) is 12.3. The van der Waals surface area contributed by atoms with Crippen molar-refractivity contribution in [3.05, 3.63) is 66.2 Å². The molecule has 158 valence electrons. The maximum atomic E-state index is 5.89. The molecule has 2 aromatic carbocycles. The molecular weight excluding hydrogens is 408 g/mol. The Labute approximate surface area is 187 Å². The van der Waals surface area contributed by atoms with E-state index in [1.165, 1.54) is 35.1 Å². The molecule has 0 saturated heterocycles. The predicted molar refractivity (Wildman–Crippen MR) is 132 cm³/mol. The normalized spacial score (nSPS) is 11.8. The Morgan fingerprint density at radius 3 is 2.23 bits per heavy atom. The number of benzene rings is 2.